The average molecular weight is 521 g/mol. The molecule has 0 unspecified atom stereocenters. The van der Waals surface area contributed by atoms with Gasteiger partial charge in [0.2, 0.25) is 5.91 Å². The normalized spacial score (nSPS) is 15.2. The Hall–Kier alpha value is -1.85. The second kappa shape index (κ2) is 9.77. The van der Waals surface area contributed by atoms with Crippen LogP contribution in [-0.4, -0.2) is 69.7 Å². The van der Waals surface area contributed by atoms with Gasteiger partial charge in [-0.15, -0.1) is 0 Å². The molecule has 0 aliphatic carbocycles. The lowest BCUT2D eigenvalue weighted by Gasteiger charge is -2.32. The van der Waals surface area contributed by atoms with E-state index in [2.05, 4.69) is 5.32 Å². The van der Waals surface area contributed by atoms with Crippen molar-refractivity contribution in [1.29, 1.82) is 0 Å². The maximum Gasteiger partial charge on any atom is 0.415 e. The van der Waals surface area contributed by atoms with E-state index in [1.54, 1.807) is 67.7 Å². The van der Waals surface area contributed by atoms with Crippen LogP contribution in [0, 0.1) is 0 Å². The molecule has 2 rings (SSSR count). The van der Waals surface area contributed by atoms with Gasteiger partial charge in [-0.25, -0.2) is 14.2 Å². The van der Waals surface area contributed by atoms with Gasteiger partial charge in [0.15, 0.2) is 0 Å². The third kappa shape index (κ3) is 7.16. The van der Waals surface area contributed by atoms with E-state index in [0.29, 0.717) is 32.6 Å². The lowest BCUT2D eigenvalue weighted by atomic mass is 10.0. The highest BCUT2D eigenvalue weighted by molar-refractivity contribution is 5.89. The molecule has 164 valence electrons. The maximum absolute atomic E-state index is 13.0. The highest BCUT2D eigenvalue weighted by Crippen LogP contribution is 2.14. The third-order valence-corrected chi connectivity index (χ3v) is 4.39. The Kier molecular flexibility index (Phi) is 8.48. The van der Waals surface area contributed by atoms with E-state index in [4.69, 9.17) is 4.74 Å². The number of amides is 3. The van der Waals surface area contributed by atoms with E-state index < -0.39 is 17.2 Å². The quantitative estimate of drug-likeness (QED) is 0.365. The number of halogens is 1. The molecule has 0 aromatic carbocycles. The van der Waals surface area contributed by atoms with Crippen molar-refractivity contribution >= 4 is 18.0 Å². The van der Waals surface area contributed by atoms with Crippen molar-refractivity contribution in [2.45, 2.75) is 52.2 Å². The van der Waals surface area contributed by atoms with Gasteiger partial charge in [-0.1, -0.05) is 0 Å². The molecule has 0 spiro atoms. The predicted octanol–water partition coefficient (Wildman–Crippen LogP) is -1.88. The summed E-state index contributed by atoms with van der Waals surface area (Å²) in [6.07, 6.45) is 5.27. The monoisotopic (exact) mass is 521 g/mol. The molecule has 2 heterocycles. The Morgan fingerprint density at radius 1 is 1.00 bits per heavy atom. The van der Waals surface area contributed by atoms with Crippen LogP contribution >= 0.6 is 0 Å². The van der Waals surface area contributed by atoms with Crippen LogP contribution in [0.5, 0.6) is 0 Å². The Labute approximate surface area is 189 Å². The van der Waals surface area contributed by atoms with Crippen LogP contribution in [0.15, 0.2) is 18.7 Å². The fraction of sp³-hybridized carbons (Fsp3) is 0.684. The minimum Gasteiger partial charge on any atom is -1.00 e. The Bertz CT molecular complexity index is 741. The summed E-state index contributed by atoms with van der Waals surface area (Å²) < 4.78 is 8.59. The van der Waals surface area contributed by atoms with Crippen LogP contribution in [0.4, 0.5) is 9.59 Å². The highest BCUT2D eigenvalue weighted by atomic mass is 127. The number of rotatable bonds is 2. The molecule has 0 saturated carbocycles. The van der Waals surface area contributed by atoms with Gasteiger partial charge in [-0.3, -0.25) is 4.79 Å². The number of imidazole rings is 1. The molecule has 1 N–H and O–H groups in total. The molecule has 0 bridgehead atoms. The van der Waals surface area contributed by atoms with Crippen LogP contribution < -0.4 is 33.9 Å². The number of nitrogens with zero attached hydrogens (tertiary/aromatic N) is 4. The van der Waals surface area contributed by atoms with Crippen LogP contribution in [0.2, 0.25) is 0 Å². The molecule has 10 heteroatoms. The van der Waals surface area contributed by atoms with E-state index in [0.717, 1.165) is 0 Å². The first-order valence-corrected chi connectivity index (χ1v) is 9.52. The smallest absolute Gasteiger partial charge is 0.415 e. The predicted molar refractivity (Wildman–Crippen MR) is 103 cm³/mol. The van der Waals surface area contributed by atoms with Gasteiger partial charge < -0.3 is 43.8 Å². The highest BCUT2D eigenvalue weighted by Gasteiger charge is 2.36. The summed E-state index contributed by atoms with van der Waals surface area (Å²) in [6, 6.07) is -0.110. The molecular weight excluding hydrogens is 489 g/mol. The first-order valence-electron chi connectivity index (χ1n) is 9.52. The molecule has 1 aromatic rings. The Balaban J connectivity index is 0.00000420. The molecule has 0 atom stereocenters. The van der Waals surface area contributed by atoms with E-state index >= 15 is 0 Å². The number of aryl methyl sites for hydroxylation is 1. The van der Waals surface area contributed by atoms with E-state index in [1.807, 2.05) is 7.05 Å². The molecule has 3 amide bonds. The molecule has 1 aliphatic rings. The van der Waals surface area contributed by atoms with Gasteiger partial charge in [-0.05, 0) is 41.0 Å². The van der Waals surface area contributed by atoms with Crippen LogP contribution in [0.1, 0.15) is 41.0 Å². The van der Waals surface area contributed by atoms with Crippen LogP contribution in [-0.2, 0) is 16.6 Å². The van der Waals surface area contributed by atoms with Gasteiger partial charge in [0.1, 0.15) is 23.5 Å². The minimum atomic E-state index is -1.10. The summed E-state index contributed by atoms with van der Waals surface area (Å²) in [4.78, 5) is 41.1. The molecule has 0 radical (unpaired) electrons. The summed E-state index contributed by atoms with van der Waals surface area (Å²) in [6.45, 7) is 10.6. The number of alkyl carbamates (subject to hydrolysis) is 1. The van der Waals surface area contributed by atoms with Crippen LogP contribution in [0.3, 0.4) is 0 Å². The molecule has 1 fully saturated rings. The largest absolute Gasteiger partial charge is 1.00 e. The number of nitrogens with one attached hydrogen (secondary N) is 1. The summed E-state index contributed by atoms with van der Waals surface area (Å²) >= 11 is 0. The zero-order valence-electron chi connectivity index (χ0n) is 18.1. The second-order valence-corrected chi connectivity index (χ2v) is 8.65. The Morgan fingerprint density at radius 3 is 2.14 bits per heavy atom. The fourth-order valence-corrected chi connectivity index (χ4v) is 3.05. The van der Waals surface area contributed by atoms with Crippen LogP contribution in [0.25, 0.3) is 0 Å². The number of hydrogen-bond acceptors (Lipinski definition) is 4. The van der Waals surface area contributed by atoms with Crippen molar-refractivity contribution in [3.63, 3.8) is 0 Å². The van der Waals surface area contributed by atoms with Gasteiger partial charge in [0.05, 0.1) is 7.05 Å². The molecule has 9 nitrogen and oxygen atoms in total. The molecule has 29 heavy (non-hydrogen) atoms. The lowest BCUT2D eigenvalue weighted by molar-refractivity contribution is -0.670. The van der Waals surface area contributed by atoms with E-state index in [1.165, 1.54) is 4.57 Å². The first-order chi connectivity index (χ1) is 12.9. The number of ether oxygens (including phenoxy) is 1. The first kappa shape index (κ1) is 25.2. The maximum atomic E-state index is 13.0. The lowest BCUT2D eigenvalue weighted by Crippen LogP contribution is -3.00. The van der Waals surface area contributed by atoms with Gasteiger partial charge in [-0.2, -0.15) is 4.57 Å². The topological polar surface area (TPSA) is 87.8 Å². The van der Waals surface area contributed by atoms with Gasteiger partial charge in [0.25, 0.3) is 6.33 Å². The number of carbonyl (C=O) groups excluding carboxylic acids is 3. The number of carbonyl (C=O) groups is 3. The average Bonchev–Trinajstić information content (AvgIpc) is 2.84. The standard InChI is InChI=1S/C19H31N5O4.HI/c1-18(2,3)28-16(26)20-19(4,5)15(25)22-8-7-9-23(13-12-22)17(27)24-11-10-21(6)14-24;/h10-11,14H,7-9,12-13H2,1-6H3;1H. The number of hydrogen-bond donors (Lipinski definition) is 1. The summed E-state index contributed by atoms with van der Waals surface area (Å²) in [7, 11) is 1.85. The summed E-state index contributed by atoms with van der Waals surface area (Å²) in [5.74, 6) is -0.194. The summed E-state index contributed by atoms with van der Waals surface area (Å²) in [5.41, 5.74) is -1.74. The van der Waals surface area contributed by atoms with Crippen molar-refractivity contribution in [3.8, 4) is 0 Å². The summed E-state index contributed by atoms with van der Waals surface area (Å²) in [5, 5.41) is 2.65. The molecule has 1 aliphatic heterocycles. The zero-order chi connectivity index (χ0) is 21.1. The molecular formula is C19H32IN5O4. The second-order valence-electron chi connectivity index (χ2n) is 8.65. The zero-order valence-corrected chi connectivity index (χ0v) is 20.2. The SMILES string of the molecule is C[n+]1ccn(C(=O)N2CCCN(C(=O)C(C)(C)NC(=O)OC(C)(C)C)CC2)c1.[I-]. The van der Waals surface area contributed by atoms with Crippen molar-refractivity contribution < 1.29 is 47.7 Å². The van der Waals surface area contributed by atoms with Crippen molar-refractivity contribution in [2.24, 2.45) is 7.05 Å². The molecule has 1 aromatic heterocycles. The third-order valence-electron chi connectivity index (χ3n) is 4.39. The Morgan fingerprint density at radius 2 is 1.59 bits per heavy atom. The van der Waals surface area contributed by atoms with Gasteiger partial charge >= 0.3 is 12.1 Å². The molecule has 1 saturated heterocycles. The minimum absolute atomic E-state index is 0. The van der Waals surface area contributed by atoms with Gasteiger partial charge in [0, 0.05) is 26.2 Å². The fourth-order valence-electron chi connectivity index (χ4n) is 3.05. The number of aromatic nitrogens is 2. The van der Waals surface area contributed by atoms with E-state index in [9.17, 15) is 14.4 Å². The van der Waals surface area contributed by atoms with Crippen molar-refractivity contribution in [1.82, 2.24) is 19.7 Å². The van der Waals surface area contributed by atoms with Crippen molar-refractivity contribution in [2.75, 3.05) is 26.2 Å². The van der Waals surface area contributed by atoms with Crippen molar-refractivity contribution in [3.05, 3.63) is 18.7 Å². The van der Waals surface area contributed by atoms with E-state index in [-0.39, 0.29) is 35.9 Å².